The Labute approximate surface area is 244 Å². The van der Waals surface area contributed by atoms with Crippen LogP contribution in [0.1, 0.15) is 5.56 Å². The maximum atomic E-state index is 4.97. The summed E-state index contributed by atoms with van der Waals surface area (Å²) in [5.41, 5.74) is 10.5. The summed E-state index contributed by atoms with van der Waals surface area (Å²) in [6.45, 7) is 2.07. The van der Waals surface area contributed by atoms with Crippen LogP contribution in [-0.4, -0.2) is 29.9 Å². The predicted octanol–water partition coefficient (Wildman–Crippen LogP) is 8.10. The van der Waals surface area contributed by atoms with Crippen LogP contribution in [0, 0.1) is 6.92 Å². The molecule has 0 saturated carbocycles. The van der Waals surface area contributed by atoms with E-state index in [1.165, 1.54) is 5.56 Å². The predicted molar refractivity (Wildman–Crippen MR) is 167 cm³/mol. The topological polar surface area (TPSA) is 69.4 Å². The first-order valence-corrected chi connectivity index (χ1v) is 13.8. The van der Waals surface area contributed by atoms with Crippen LogP contribution in [0.2, 0.25) is 0 Å². The van der Waals surface area contributed by atoms with Gasteiger partial charge in [-0.1, -0.05) is 96.2 Å². The van der Waals surface area contributed by atoms with Gasteiger partial charge in [0.2, 0.25) is 0 Å². The third-order valence-electron chi connectivity index (χ3n) is 7.10. The fourth-order valence-electron chi connectivity index (χ4n) is 4.93. The normalized spacial score (nSPS) is 11.0. The zero-order chi connectivity index (χ0) is 28.3. The molecule has 0 spiro atoms. The van der Waals surface area contributed by atoms with Crippen molar-refractivity contribution in [2.24, 2.45) is 0 Å². The van der Waals surface area contributed by atoms with E-state index in [9.17, 15) is 0 Å². The standard InChI is InChI=1S/C36H26N6/c1-25-18-19-37-32(20-25)29-15-9-17-31(22-29)42-24-35(40-41-42)28-14-8-16-30(21-28)36-38-33(26-10-4-2-5-11-26)23-34(39-36)27-12-6-3-7-13-27/h2-24H,1H3. The van der Waals surface area contributed by atoms with Gasteiger partial charge >= 0.3 is 0 Å². The molecular weight excluding hydrogens is 516 g/mol. The maximum absolute atomic E-state index is 4.97. The fraction of sp³-hybridized carbons (Fsp3) is 0.0278. The molecular formula is C36H26N6. The van der Waals surface area contributed by atoms with E-state index in [0.717, 1.165) is 56.3 Å². The number of rotatable bonds is 6. The second-order valence-electron chi connectivity index (χ2n) is 10.1. The molecule has 7 rings (SSSR count). The molecule has 42 heavy (non-hydrogen) atoms. The highest BCUT2D eigenvalue weighted by Gasteiger charge is 2.13. The van der Waals surface area contributed by atoms with Gasteiger partial charge in [0.1, 0.15) is 5.69 Å². The minimum absolute atomic E-state index is 0.655. The van der Waals surface area contributed by atoms with E-state index < -0.39 is 0 Å². The molecule has 4 aromatic carbocycles. The molecule has 0 saturated heterocycles. The number of hydrogen-bond donors (Lipinski definition) is 0. The lowest BCUT2D eigenvalue weighted by Gasteiger charge is -2.10. The smallest absolute Gasteiger partial charge is 0.160 e. The van der Waals surface area contributed by atoms with Crippen molar-refractivity contribution in [3.63, 3.8) is 0 Å². The number of pyridine rings is 1. The average Bonchev–Trinajstić information content (AvgIpc) is 3.56. The van der Waals surface area contributed by atoms with Crippen LogP contribution in [0.25, 0.3) is 62.1 Å². The molecule has 6 heteroatoms. The summed E-state index contributed by atoms with van der Waals surface area (Å²) in [7, 11) is 0. The molecule has 0 N–H and O–H groups in total. The Bertz CT molecular complexity index is 1940. The highest BCUT2D eigenvalue weighted by atomic mass is 15.4. The number of aromatic nitrogens is 6. The molecule has 7 aromatic rings. The zero-order valence-electron chi connectivity index (χ0n) is 23.0. The van der Waals surface area contributed by atoms with Crippen molar-refractivity contribution in [2.75, 3.05) is 0 Å². The second-order valence-corrected chi connectivity index (χ2v) is 10.1. The zero-order valence-corrected chi connectivity index (χ0v) is 23.0. The molecule has 0 bridgehead atoms. The van der Waals surface area contributed by atoms with Crippen LogP contribution >= 0.6 is 0 Å². The van der Waals surface area contributed by atoms with Crippen molar-refractivity contribution in [1.29, 1.82) is 0 Å². The van der Waals surface area contributed by atoms with Gasteiger partial charge in [-0.2, -0.15) is 0 Å². The summed E-state index contributed by atoms with van der Waals surface area (Å²) in [4.78, 5) is 14.5. The van der Waals surface area contributed by atoms with Crippen LogP contribution in [0.5, 0.6) is 0 Å². The summed E-state index contributed by atoms with van der Waals surface area (Å²) in [5.74, 6) is 0.655. The lowest BCUT2D eigenvalue weighted by molar-refractivity contribution is 0.804. The molecule has 0 aliphatic rings. The van der Waals surface area contributed by atoms with Crippen molar-refractivity contribution < 1.29 is 0 Å². The lowest BCUT2D eigenvalue weighted by atomic mass is 10.1. The van der Waals surface area contributed by atoms with Gasteiger partial charge in [-0.25, -0.2) is 14.6 Å². The Hall–Kier alpha value is -5.75. The van der Waals surface area contributed by atoms with E-state index in [-0.39, 0.29) is 0 Å². The number of hydrogen-bond acceptors (Lipinski definition) is 5. The lowest BCUT2D eigenvalue weighted by Crippen LogP contribution is -1.96. The summed E-state index contributed by atoms with van der Waals surface area (Å²) < 4.78 is 1.79. The van der Waals surface area contributed by atoms with Gasteiger partial charge in [0.05, 0.1) is 29.0 Å². The van der Waals surface area contributed by atoms with Gasteiger partial charge in [-0.15, -0.1) is 5.10 Å². The Morgan fingerprint density at radius 1 is 0.500 bits per heavy atom. The van der Waals surface area contributed by atoms with E-state index in [0.29, 0.717) is 5.82 Å². The van der Waals surface area contributed by atoms with E-state index in [4.69, 9.17) is 9.97 Å². The van der Waals surface area contributed by atoms with Gasteiger partial charge in [-0.3, -0.25) is 4.98 Å². The Kier molecular flexibility index (Phi) is 6.62. The molecule has 0 atom stereocenters. The number of aryl methyl sites for hydroxylation is 1. The van der Waals surface area contributed by atoms with Crippen LogP contribution in [-0.2, 0) is 0 Å². The van der Waals surface area contributed by atoms with E-state index in [1.807, 2.05) is 91.3 Å². The molecule has 0 amide bonds. The molecule has 0 aliphatic carbocycles. The van der Waals surface area contributed by atoms with Gasteiger partial charge in [0, 0.05) is 34.0 Å². The van der Waals surface area contributed by atoms with Crippen molar-refractivity contribution in [3.05, 3.63) is 145 Å². The first-order valence-electron chi connectivity index (χ1n) is 13.8. The average molecular weight is 543 g/mol. The minimum atomic E-state index is 0.655. The molecule has 0 unspecified atom stereocenters. The monoisotopic (exact) mass is 542 g/mol. The molecule has 6 nitrogen and oxygen atoms in total. The van der Waals surface area contributed by atoms with Crippen molar-refractivity contribution in [1.82, 2.24) is 29.9 Å². The summed E-state index contributed by atoms with van der Waals surface area (Å²) in [5, 5.41) is 8.94. The fourth-order valence-corrected chi connectivity index (χ4v) is 4.93. The van der Waals surface area contributed by atoms with Crippen LogP contribution < -0.4 is 0 Å². The highest BCUT2D eigenvalue weighted by molar-refractivity contribution is 5.74. The van der Waals surface area contributed by atoms with Gasteiger partial charge in [0.25, 0.3) is 0 Å². The molecule has 0 fully saturated rings. The highest BCUT2D eigenvalue weighted by Crippen LogP contribution is 2.30. The Balaban J connectivity index is 1.25. The molecule has 0 aliphatic heterocycles. The molecule has 200 valence electrons. The first-order chi connectivity index (χ1) is 20.7. The number of benzene rings is 4. The van der Waals surface area contributed by atoms with Crippen molar-refractivity contribution in [3.8, 4) is 62.1 Å². The Morgan fingerprint density at radius 2 is 1.12 bits per heavy atom. The molecule has 3 heterocycles. The van der Waals surface area contributed by atoms with Crippen LogP contribution in [0.4, 0.5) is 0 Å². The second kappa shape index (κ2) is 11.0. The minimum Gasteiger partial charge on any atom is -0.256 e. The Morgan fingerprint density at radius 3 is 1.81 bits per heavy atom. The maximum Gasteiger partial charge on any atom is 0.160 e. The van der Waals surface area contributed by atoms with Crippen LogP contribution in [0.15, 0.2) is 140 Å². The van der Waals surface area contributed by atoms with Crippen molar-refractivity contribution in [2.45, 2.75) is 6.92 Å². The van der Waals surface area contributed by atoms with Crippen molar-refractivity contribution >= 4 is 0 Å². The van der Waals surface area contributed by atoms with Gasteiger partial charge in [0.15, 0.2) is 5.82 Å². The SMILES string of the molecule is Cc1ccnc(-c2cccc(-n3cc(-c4cccc(-c5nc(-c6ccccc6)cc(-c6ccccc6)n5)c4)nn3)c2)c1. The quantitative estimate of drug-likeness (QED) is 0.212. The van der Waals surface area contributed by atoms with Gasteiger partial charge < -0.3 is 0 Å². The summed E-state index contributed by atoms with van der Waals surface area (Å²) >= 11 is 0. The summed E-state index contributed by atoms with van der Waals surface area (Å²) in [6, 6.07) is 42.8. The van der Waals surface area contributed by atoms with Crippen LogP contribution in [0.3, 0.4) is 0 Å². The van der Waals surface area contributed by atoms with E-state index >= 15 is 0 Å². The summed E-state index contributed by atoms with van der Waals surface area (Å²) in [6.07, 6.45) is 3.78. The first kappa shape index (κ1) is 25.2. The largest absolute Gasteiger partial charge is 0.256 e. The van der Waals surface area contributed by atoms with E-state index in [1.54, 1.807) is 4.68 Å². The van der Waals surface area contributed by atoms with Gasteiger partial charge in [-0.05, 0) is 48.9 Å². The molecule has 3 aromatic heterocycles. The third kappa shape index (κ3) is 5.21. The molecule has 0 radical (unpaired) electrons. The third-order valence-corrected chi connectivity index (χ3v) is 7.10. The van der Waals surface area contributed by atoms with E-state index in [2.05, 4.69) is 70.8 Å². The number of nitrogens with zero attached hydrogens (tertiary/aromatic N) is 6.